The SMILES string of the molecule is COC(=O)C(NC1CCCC1)c1cc(F)ccc1F. The molecule has 1 unspecified atom stereocenters. The molecule has 19 heavy (non-hydrogen) atoms. The van der Waals surface area contributed by atoms with Crippen LogP contribution in [0.3, 0.4) is 0 Å². The van der Waals surface area contributed by atoms with Crippen LogP contribution in [-0.2, 0) is 9.53 Å². The number of rotatable bonds is 4. The number of carbonyl (C=O) groups excluding carboxylic acids is 1. The van der Waals surface area contributed by atoms with Gasteiger partial charge in [-0.3, -0.25) is 5.32 Å². The van der Waals surface area contributed by atoms with Gasteiger partial charge in [0, 0.05) is 11.6 Å². The van der Waals surface area contributed by atoms with Gasteiger partial charge in [0.25, 0.3) is 0 Å². The highest BCUT2D eigenvalue weighted by atomic mass is 19.1. The smallest absolute Gasteiger partial charge is 0.327 e. The molecule has 2 rings (SSSR count). The lowest BCUT2D eigenvalue weighted by Gasteiger charge is -2.21. The number of methoxy groups -OCH3 is 1. The Kier molecular flexibility index (Phi) is 4.47. The standard InChI is InChI=1S/C14H17F2NO2/c1-19-14(18)13(17-10-4-2-3-5-10)11-8-9(15)6-7-12(11)16/h6-8,10,13,17H,2-5H2,1H3. The molecular formula is C14H17F2NO2. The van der Waals surface area contributed by atoms with Crippen LogP contribution in [0, 0.1) is 11.6 Å². The first kappa shape index (κ1) is 13.9. The average Bonchev–Trinajstić information content (AvgIpc) is 2.91. The Morgan fingerprint density at radius 2 is 2.05 bits per heavy atom. The van der Waals surface area contributed by atoms with E-state index in [1.54, 1.807) is 0 Å². The molecule has 0 heterocycles. The minimum absolute atomic E-state index is 0.00116. The molecule has 0 aliphatic heterocycles. The van der Waals surface area contributed by atoms with E-state index in [4.69, 9.17) is 0 Å². The van der Waals surface area contributed by atoms with E-state index >= 15 is 0 Å². The maximum atomic E-state index is 13.8. The molecule has 1 aromatic carbocycles. The Morgan fingerprint density at radius 1 is 1.37 bits per heavy atom. The van der Waals surface area contributed by atoms with Gasteiger partial charge in [0.1, 0.15) is 17.7 Å². The van der Waals surface area contributed by atoms with Crippen LogP contribution in [0.4, 0.5) is 8.78 Å². The molecule has 0 radical (unpaired) electrons. The van der Waals surface area contributed by atoms with Crippen LogP contribution in [0.2, 0.25) is 0 Å². The van der Waals surface area contributed by atoms with Crippen LogP contribution >= 0.6 is 0 Å². The number of esters is 1. The highest BCUT2D eigenvalue weighted by Gasteiger charge is 2.28. The number of ether oxygens (including phenoxy) is 1. The highest BCUT2D eigenvalue weighted by Crippen LogP contribution is 2.25. The van der Waals surface area contributed by atoms with Crippen LogP contribution in [0.15, 0.2) is 18.2 Å². The van der Waals surface area contributed by atoms with Crippen LogP contribution in [0.5, 0.6) is 0 Å². The predicted octanol–water partition coefficient (Wildman–Crippen LogP) is 2.71. The third kappa shape index (κ3) is 3.29. The van der Waals surface area contributed by atoms with Crippen molar-refractivity contribution in [3.8, 4) is 0 Å². The summed E-state index contributed by atoms with van der Waals surface area (Å²) in [6.07, 6.45) is 4.03. The maximum Gasteiger partial charge on any atom is 0.327 e. The van der Waals surface area contributed by atoms with Gasteiger partial charge in [-0.05, 0) is 31.0 Å². The van der Waals surface area contributed by atoms with Crippen molar-refractivity contribution in [1.82, 2.24) is 5.32 Å². The van der Waals surface area contributed by atoms with E-state index in [2.05, 4.69) is 10.1 Å². The Hall–Kier alpha value is -1.49. The van der Waals surface area contributed by atoms with Crippen LogP contribution < -0.4 is 5.32 Å². The Labute approximate surface area is 111 Å². The third-order valence-corrected chi connectivity index (χ3v) is 3.46. The van der Waals surface area contributed by atoms with E-state index in [0.717, 1.165) is 43.9 Å². The van der Waals surface area contributed by atoms with E-state index in [-0.39, 0.29) is 11.6 Å². The van der Waals surface area contributed by atoms with Gasteiger partial charge in [0.15, 0.2) is 0 Å². The summed E-state index contributed by atoms with van der Waals surface area (Å²) in [5.41, 5.74) is -0.00116. The number of hydrogen-bond donors (Lipinski definition) is 1. The quantitative estimate of drug-likeness (QED) is 0.854. The minimum atomic E-state index is -0.955. The van der Waals surface area contributed by atoms with Crippen molar-refractivity contribution in [1.29, 1.82) is 0 Å². The fourth-order valence-corrected chi connectivity index (χ4v) is 2.47. The van der Waals surface area contributed by atoms with E-state index in [0.29, 0.717) is 0 Å². The van der Waals surface area contributed by atoms with E-state index in [9.17, 15) is 13.6 Å². The van der Waals surface area contributed by atoms with Crippen LogP contribution in [-0.4, -0.2) is 19.1 Å². The lowest BCUT2D eigenvalue weighted by atomic mass is 10.0. The van der Waals surface area contributed by atoms with Gasteiger partial charge < -0.3 is 4.74 Å². The lowest BCUT2D eigenvalue weighted by molar-refractivity contribution is -0.143. The van der Waals surface area contributed by atoms with Crippen molar-refractivity contribution in [3.05, 3.63) is 35.4 Å². The summed E-state index contributed by atoms with van der Waals surface area (Å²) in [6, 6.07) is 2.29. The second kappa shape index (κ2) is 6.10. The second-order valence-electron chi connectivity index (χ2n) is 4.77. The van der Waals surface area contributed by atoms with Gasteiger partial charge in [-0.2, -0.15) is 0 Å². The number of benzene rings is 1. The first-order valence-electron chi connectivity index (χ1n) is 6.40. The minimum Gasteiger partial charge on any atom is -0.468 e. The molecule has 1 N–H and O–H groups in total. The van der Waals surface area contributed by atoms with Crippen molar-refractivity contribution < 1.29 is 18.3 Å². The van der Waals surface area contributed by atoms with E-state index < -0.39 is 23.6 Å². The molecule has 0 amide bonds. The summed E-state index contributed by atoms with van der Waals surface area (Å²) in [4.78, 5) is 11.8. The fraction of sp³-hybridized carbons (Fsp3) is 0.500. The molecule has 1 atom stereocenters. The largest absolute Gasteiger partial charge is 0.468 e. The van der Waals surface area contributed by atoms with Crippen LogP contribution in [0.1, 0.15) is 37.3 Å². The molecule has 1 saturated carbocycles. The average molecular weight is 269 g/mol. The molecular weight excluding hydrogens is 252 g/mol. The highest BCUT2D eigenvalue weighted by molar-refractivity contribution is 5.77. The van der Waals surface area contributed by atoms with Gasteiger partial charge in [-0.1, -0.05) is 12.8 Å². The summed E-state index contributed by atoms with van der Waals surface area (Å²) in [5.74, 6) is -1.78. The first-order chi connectivity index (χ1) is 9.11. The Balaban J connectivity index is 2.25. The van der Waals surface area contributed by atoms with Gasteiger partial charge >= 0.3 is 5.97 Å². The zero-order valence-electron chi connectivity index (χ0n) is 10.8. The first-order valence-corrected chi connectivity index (χ1v) is 6.40. The molecule has 1 aromatic rings. The molecule has 0 saturated heterocycles. The van der Waals surface area contributed by atoms with Gasteiger partial charge in [-0.15, -0.1) is 0 Å². The molecule has 1 fully saturated rings. The monoisotopic (exact) mass is 269 g/mol. The lowest BCUT2D eigenvalue weighted by Crippen LogP contribution is -2.36. The summed E-state index contributed by atoms with van der Waals surface area (Å²) in [6.45, 7) is 0. The summed E-state index contributed by atoms with van der Waals surface area (Å²) < 4.78 is 31.7. The topological polar surface area (TPSA) is 38.3 Å². The van der Waals surface area contributed by atoms with Gasteiger partial charge in [0.05, 0.1) is 7.11 Å². The number of nitrogens with one attached hydrogen (secondary N) is 1. The third-order valence-electron chi connectivity index (χ3n) is 3.46. The van der Waals surface area contributed by atoms with Gasteiger partial charge in [-0.25, -0.2) is 13.6 Å². The summed E-state index contributed by atoms with van der Waals surface area (Å²) in [7, 11) is 1.24. The molecule has 1 aliphatic rings. The Bertz CT molecular complexity index is 459. The van der Waals surface area contributed by atoms with Crippen molar-refractivity contribution >= 4 is 5.97 Å². The summed E-state index contributed by atoms with van der Waals surface area (Å²) >= 11 is 0. The van der Waals surface area contributed by atoms with Crippen molar-refractivity contribution in [2.24, 2.45) is 0 Å². The molecule has 0 aromatic heterocycles. The van der Waals surface area contributed by atoms with Gasteiger partial charge in [0.2, 0.25) is 0 Å². The number of hydrogen-bond acceptors (Lipinski definition) is 3. The molecule has 5 heteroatoms. The van der Waals surface area contributed by atoms with Crippen molar-refractivity contribution in [2.75, 3.05) is 7.11 Å². The Morgan fingerprint density at radius 3 is 2.68 bits per heavy atom. The van der Waals surface area contributed by atoms with Crippen molar-refractivity contribution in [2.45, 2.75) is 37.8 Å². The summed E-state index contributed by atoms with van der Waals surface area (Å²) in [5, 5.41) is 3.07. The molecule has 104 valence electrons. The normalized spacial score (nSPS) is 17.4. The molecule has 1 aliphatic carbocycles. The zero-order chi connectivity index (χ0) is 13.8. The maximum absolute atomic E-state index is 13.8. The molecule has 0 spiro atoms. The zero-order valence-corrected chi connectivity index (χ0v) is 10.8. The van der Waals surface area contributed by atoms with E-state index in [1.165, 1.54) is 7.11 Å². The van der Waals surface area contributed by atoms with E-state index in [1.807, 2.05) is 0 Å². The molecule has 3 nitrogen and oxygen atoms in total. The fourth-order valence-electron chi connectivity index (χ4n) is 2.47. The van der Waals surface area contributed by atoms with Crippen LogP contribution in [0.25, 0.3) is 0 Å². The predicted molar refractivity (Wildman–Crippen MR) is 66.5 cm³/mol. The van der Waals surface area contributed by atoms with Crippen molar-refractivity contribution in [3.63, 3.8) is 0 Å². The molecule has 0 bridgehead atoms. The second-order valence-corrected chi connectivity index (χ2v) is 4.77. The number of carbonyl (C=O) groups is 1. The number of halogens is 2.